The third-order valence-corrected chi connectivity index (χ3v) is 2.50. The van der Waals surface area contributed by atoms with Gasteiger partial charge >= 0.3 is 5.97 Å². The topological polar surface area (TPSA) is 75.6 Å². The van der Waals surface area contributed by atoms with Crippen LogP contribution in [0.15, 0.2) is 6.07 Å². The first-order chi connectivity index (χ1) is 7.88. The van der Waals surface area contributed by atoms with E-state index in [0.717, 1.165) is 0 Å². The van der Waals surface area contributed by atoms with E-state index in [9.17, 15) is 9.59 Å². The second-order valence-electron chi connectivity index (χ2n) is 3.43. The molecule has 1 amide bonds. The minimum absolute atomic E-state index is 0.0379. The van der Waals surface area contributed by atoms with Crippen LogP contribution in [0.2, 0.25) is 5.02 Å². The SMILES string of the molecule is COc1c(C(=O)O)cc(Cl)c(NC(C)=O)c1C. The molecule has 0 aliphatic rings. The van der Waals surface area contributed by atoms with Gasteiger partial charge < -0.3 is 15.2 Å². The van der Waals surface area contributed by atoms with Gasteiger partial charge in [-0.3, -0.25) is 4.79 Å². The van der Waals surface area contributed by atoms with Gasteiger partial charge in [-0.15, -0.1) is 0 Å². The van der Waals surface area contributed by atoms with Crippen molar-refractivity contribution in [2.75, 3.05) is 12.4 Å². The average Bonchev–Trinajstić information content (AvgIpc) is 2.23. The van der Waals surface area contributed by atoms with Gasteiger partial charge in [0.25, 0.3) is 0 Å². The maximum atomic E-state index is 11.0. The van der Waals surface area contributed by atoms with E-state index in [4.69, 9.17) is 21.4 Å². The molecule has 1 aromatic carbocycles. The maximum absolute atomic E-state index is 11.0. The van der Waals surface area contributed by atoms with Crippen molar-refractivity contribution in [1.82, 2.24) is 0 Å². The average molecular weight is 258 g/mol. The lowest BCUT2D eigenvalue weighted by atomic mass is 10.1. The van der Waals surface area contributed by atoms with Gasteiger partial charge in [-0.2, -0.15) is 0 Å². The van der Waals surface area contributed by atoms with E-state index in [1.807, 2.05) is 0 Å². The molecule has 0 saturated heterocycles. The summed E-state index contributed by atoms with van der Waals surface area (Å²) in [7, 11) is 1.36. The molecule has 5 nitrogen and oxygen atoms in total. The van der Waals surface area contributed by atoms with E-state index >= 15 is 0 Å². The predicted octanol–water partition coefficient (Wildman–Crippen LogP) is 2.31. The smallest absolute Gasteiger partial charge is 0.339 e. The van der Waals surface area contributed by atoms with E-state index in [1.54, 1.807) is 6.92 Å². The fourth-order valence-electron chi connectivity index (χ4n) is 1.51. The highest BCUT2D eigenvalue weighted by atomic mass is 35.5. The minimum Gasteiger partial charge on any atom is -0.495 e. The van der Waals surface area contributed by atoms with E-state index in [0.29, 0.717) is 11.3 Å². The first-order valence-electron chi connectivity index (χ1n) is 4.76. The summed E-state index contributed by atoms with van der Waals surface area (Å²) in [5.74, 6) is -1.24. The molecular weight excluding hydrogens is 246 g/mol. The molecule has 0 atom stereocenters. The summed E-state index contributed by atoms with van der Waals surface area (Å²) >= 11 is 5.92. The minimum atomic E-state index is -1.14. The van der Waals surface area contributed by atoms with Crippen molar-refractivity contribution < 1.29 is 19.4 Å². The molecule has 17 heavy (non-hydrogen) atoms. The van der Waals surface area contributed by atoms with Crippen molar-refractivity contribution >= 4 is 29.2 Å². The fraction of sp³-hybridized carbons (Fsp3) is 0.273. The zero-order valence-electron chi connectivity index (χ0n) is 9.63. The van der Waals surface area contributed by atoms with Crippen molar-refractivity contribution in [2.45, 2.75) is 13.8 Å². The van der Waals surface area contributed by atoms with Crippen molar-refractivity contribution in [3.8, 4) is 5.75 Å². The zero-order chi connectivity index (χ0) is 13.2. The number of hydrogen-bond acceptors (Lipinski definition) is 3. The lowest BCUT2D eigenvalue weighted by molar-refractivity contribution is -0.114. The maximum Gasteiger partial charge on any atom is 0.339 e. The van der Waals surface area contributed by atoms with E-state index in [2.05, 4.69) is 5.32 Å². The number of ether oxygens (including phenoxy) is 1. The van der Waals surface area contributed by atoms with Crippen LogP contribution in [0.4, 0.5) is 5.69 Å². The number of amides is 1. The lowest BCUT2D eigenvalue weighted by Gasteiger charge is -2.15. The molecular formula is C11H12ClNO4. The van der Waals surface area contributed by atoms with Crippen LogP contribution in [0.5, 0.6) is 5.75 Å². The molecule has 2 N–H and O–H groups in total. The highest BCUT2D eigenvalue weighted by molar-refractivity contribution is 6.34. The van der Waals surface area contributed by atoms with Crippen molar-refractivity contribution in [3.63, 3.8) is 0 Å². The first kappa shape index (κ1) is 13.3. The molecule has 0 fully saturated rings. The Morgan fingerprint density at radius 2 is 2.06 bits per heavy atom. The molecule has 0 saturated carbocycles. The van der Waals surface area contributed by atoms with Gasteiger partial charge in [0, 0.05) is 12.5 Å². The number of carbonyl (C=O) groups is 2. The molecule has 1 rings (SSSR count). The highest BCUT2D eigenvalue weighted by Gasteiger charge is 2.19. The molecule has 0 unspecified atom stereocenters. The van der Waals surface area contributed by atoms with Crippen molar-refractivity contribution in [2.24, 2.45) is 0 Å². The molecule has 92 valence electrons. The van der Waals surface area contributed by atoms with Crippen LogP contribution in [-0.4, -0.2) is 24.1 Å². The van der Waals surface area contributed by atoms with E-state index in [-0.39, 0.29) is 22.2 Å². The summed E-state index contributed by atoms with van der Waals surface area (Å²) < 4.78 is 5.02. The standard InChI is InChI=1S/C11H12ClNO4/c1-5-9(13-6(2)14)8(12)4-7(11(15)16)10(5)17-3/h4H,1-3H3,(H,13,14)(H,15,16). The number of nitrogens with one attached hydrogen (secondary N) is 1. The second kappa shape index (κ2) is 5.05. The molecule has 6 heteroatoms. The second-order valence-corrected chi connectivity index (χ2v) is 3.83. The number of carbonyl (C=O) groups excluding carboxylic acids is 1. The summed E-state index contributed by atoms with van der Waals surface area (Å²) in [6.07, 6.45) is 0. The molecule has 0 aliphatic carbocycles. The number of rotatable bonds is 3. The van der Waals surface area contributed by atoms with Crippen LogP contribution in [0.1, 0.15) is 22.8 Å². The number of halogens is 1. The Bertz CT molecular complexity index is 485. The lowest BCUT2D eigenvalue weighted by Crippen LogP contribution is -2.10. The van der Waals surface area contributed by atoms with E-state index < -0.39 is 5.97 Å². The van der Waals surface area contributed by atoms with Crippen LogP contribution >= 0.6 is 11.6 Å². The van der Waals surface area contributed by atoms with Gasteiger partial charge in [0.1, 0.15) is 11.3 Å². The summed E-state index contributed by atoms with van der Waals surface area (Å²) in [4.78, 5) is 22.0. The number of methoxy groups -OCH3 is 1. The van der Waals surface area contributed by atoms with Crippen LogP contribution in [0, 0.1) is 6.92 Å². The van der Waals surface area contributed by atoms with Gasteiger partial charge in [-0.25, -0.2) is 4.79 Å². The zero-order valence-corrected chi connectivity index (χ0v) is 10.4. The van der Waals surface area contributed by atoms with Crippen molar-refractivity contribution in [3.05, 3.63) is 22.2 Å². The number of hydrogen-bond donors (Lipinski definition) is 2. The van der Waals surface area contributed by atoms with Gasteiger partial charge in [0.05, 0.1) is 17.8 Å². The number of aromatic carboxylic acids is 1. The highest BCUT2D eigenvalue weighted by Crippen LogP contribution is 2.36. The van der Waals surface area contributed by atoms with E-state index in [1.165, 1.54) is 20.1 Å². The number of anilines is 1. The molecule has 0 spiro atoms. The van der Waals surface area contributed by atoms with Gasteiger partial charge in [-0.1, -0.05) is 11.6 Å². The molecule has 0 aromatic heterocycles. The summed E-state index contributed by atoms with van der Waals surface area (Å²) in [6, 6.07) is 1.25. The predicted molar refractivity (Wildman–Crippen MR) is 64.0 cm³/mol. The number of carboxylic acid groups (broad SMARTS) is 1. The Morgan fingerprint density at radius 1 is 1.47 bits per heavy atom. The van der Waals surface area contributed by atoms with Crippen LogP contribution < -0.4 is 10.1 Å². The molecule has 1 aromatic rings. The molecule has 0 heterocycles. The van der Waals surface area contributed by atoms with Gasteiger partial charge in [-0.05, 0) is 13.0 Å². The van der Waals surface area contributed by atoms with Crippen molar-refractivity contribution in [1.29, 1.82) is 0 Å². The van der Waals surface area contributed by atoms with Crippen LogP contribution in [-0.2, 0) is 4.79 Å². The first-order valence-corrected chi connectivity index (χ1v) is 5.14. The summed E-state index contributed by atoms with van der Waals surface area (Å²) in [5.41, 5.74) is 0.803. The largest absolute Gasteiger partial charge is 0.495 e. The third kappa shape index (κ3) is 2.68. The summed E-state index contributed by atoms with van der Waals surface area (Å²) in [6.45, 7) is 2.97. The normalized spacial score (nSPS) is 9.88. The monoisotopic (exact) mass is 257 g/mol. The molecule has 0 bridgehead atoms. The molecule has 0 aliphatic heterocycles. The summed E-state index contributed by atoms with van der Waals surface area (Å²) in [5, 5.41) is 11.7. The fourth-order valence-corrected chi connectivity index (χ4v) is 1.81. The van der Waals surface area contributed by atoms with Gasteiger partial charge in [0.2, 0.25) is 5.91 Å². The Morgan fingerprint density at radius 3 is 2.47 bits per heavy atom. The Kier molecular flexibility index (Phi) is 3.96. The molecule has 0 radical (unpaired) electrons. The Hall–Kier alpha value is -1.75. The third-order valence-electron chi connectivity index (χ3n) is 2.21. The Balaban J connectivity index is 3.46. The van der Waals surface area contributed by atoms with Crippen LogP contribution in [0.3, 0.4) is 0 Å². The number of carboxylic acids is 1. The quantitative estimate of drug-likeness (QED) is 0.871. The number of benzene rings is 1. The van der Waals surface area contributed by atoms with Gasteiger partial charge in [0.15, 0.2) is 0 Å². The van der Waals surface area contributed by atoms with Crippen LogP contribution in [0.25, 0.3) is 0 Å². The Labute approximate surface area is 103 Å².